The number of halogens is 1. The molecule has 0 spiro atoms. The van der Waals surface area contributed by atoms with Gasteiger partial charge in [0.05, 0.1) is 6.04 Å². The number of benzene rings is 1. The molecule has 5 rings (SSSR count). The Hall–Kier alpha value is -2.92. The molecule has 154 valence electrons. The van der Waals surface area contributed by atoms with Crippen molar-refractivity contribution in [2.75, 3.05) is 18.7 Å². The molecule has 2 aliphatic rings. The number of aromatic nitrogens is 2. The summed E-state index contributed by atoms with van der Waals surface area (Å²) in [4.78, 5) is 27.1. The fourth-order valence-corrected chi connectivity index (χ4v) is 4.65. The third-order valence-electron chi connectivity index (χ3n) is 4.85. The average Bonchev–Trinajstić information content (AvgIpc) is 3.52. The zero-order chi connectivity index (χ0) is 20.7. The van der Waals surface area contributed by atoms with E-state index in [2.05, 4.69) is 31.4 Å². The SMILES string of the molecule is O=C(Nc1ccc2c(c1)OCO2)c1nnc([C@@H]2CCCN2C(=O)c2ccc(Br)o2)s1. The first kappa shape index (κ1) is 19.1. The summed E-state index contributed by atoms with van der Waals surface area (Å²) >= 11 is 4.40. The Labute approximate surface area is 183 Å². The van der Waals surface area contributed by atoms with Gasteiger partial charge in [0.25, 0.3) is 11.8 Å². The van der Waals surface area contributed by atoms with Crippen molar-refractivity contribution in [3.05, 3.63) is 50.8 Å². The van der Waals surface area contributed by atoms with Crippen LogP contribution in [0.4, 0.5) is 5.69 Å². The van der Waals surface area contributed by atoms with Crippen LogP contribution in [0.1, 0.15) is 44.2 Å². The van der Waals surface area contributed by atoms with Crippen molar-refractivity contribution in [2.24, 2.45) is 0 Å². The van der Waals surface area contributed by atoms with Crippen LogP contribution in [0.25, 0.3) is 0 Å². The minimum Gasteiger partial charge on any atom is -0.454 e. The zero-order valence-electron chi connectivity index (χ0n) is 15.5. The number of likely N-dealkylation sites (tertiary alicyclic amines) is 1. The van der Waals surface area contributed by atoms with Crippen LogP contribution in [0.5, 0.6) is 11.5 Å². The van der Waals surface area contributed by atoms with E-state index in [0.717, 1.165) is 12.8 Å². The first-order chi connectivity index (χ1) is 14.6. The van der Waals surface area contributed by atoms with Crippen molar-refractivity contribution in [2.45, 2.75) is 18.9 Å². The van der Waals surface area contributed by atoms with Gasteiger partial charge in [0.2, 0.25) is 11.8 Å². The van der Waals surface area contributed by atoms with E-state index in [0.29, 0.717) is 33.4 Å². The highest BCUT2D eigenvalue weighted by Crippen LogP contribution is 2.36. The molecule has 9 nitrogen and oxygen atoms in total. The quantitative estimate of drug-likeness (QED) is 0.591. The highest BCUT2D eigenvalue weighted by atomic mass is 79.9. The van der Waals surface area contributed by atoms with Crippen LogP contribution >= 0.6 is 27.3 Å². The molecular formula is C19H15BrN4O5S. The second-order valence-corrected chi connectivity index (χ2v) is 8.52. The number of fused-ring (bicyclic) bond motifs is 1. The fourth-order valence-electron chi connectivity index (χ4n) is 3.46. The van der Waals surface area contributed by atoms with Gasteiger partial charge in [-0.05, 0) is 53.0 Å². The number of rotatable bonds is 4. The molecule has 2 amide bonds. The predicted molar refractivity (Wildman–Crippen MR) is 110 cm³/mol. The summed E-state index contributed by atoms with van der Waals surface area (Å²) < 4.78 is 16.5. The van der Waals surface area contributed by atoms with E-state index in [-0.39, 0.29) is 35.4 Å². The second kappa shape index (κ2) is 7.73. The lowest BCUT2D eigenvalue weighted by atomic mass is 10.2. The van der Waals surface area contributed by atoms with Gasteiger partial charge in [0.15, 0.2) is 21.9 Å². The summed E-state index contributed by atoms with van der Waals surface area (Å²) in [6.07, 6.45) is 1.60. The first-order valence-electron chi connectivity index (χ1n) is 9.19. The summed E-state index contributed by atoms with van der Waals surface area (Å²) in [7, 11) is 0. The molecule has 30 heavy (non-hydrogen) atoms. The lowest BCUT2D eigenvalue weighted by Crippen LogP contribution is -2.30. The van der Waals surface area contributed by atoms with E-state index in [4.69, 9.17) is 13.9 Å². The Morgan fingerprint density at radius 3 is 2.87 bits per heavy atom. The van der Waals surface area contributed by atoms with Crippen molar-refractivity contribution >= 4 is 44.8 Å². The number of furan rings is 1. The largest absolute Gasteiger partial charge is 0.454 e. The van der Waals surface area contributed by atoms with Crippen LogP contribution < -0.4 is 14.8 Å². The van der Waals surface area contributed by atoms with Gasteiger partial charge in [-0.25, -0.2) is 0 Å². The maximum atomic E-state index is 12.8. The second-order valence-electron chi connectivity index (χ2n) is 6.73. The molecule has 1 N–H and O–H groups in total. The van der Waals surface area contributed by atoms with Gasteiger partial charge in [-0.3, -0.25) is 9.59 Å². The topological polar surface area (TPSA) is 107 Å². The molecule has 2 aromatic heterocycles. The van der Waals surface area contributed by atoms with E-state index in [1.807, 2.05) is 0 Å². The summed E-state index contributed by atoms with van der Waals surface area (Å²) in [5.74, 6) is 0.906. The highest BCUT2D eigenvalue weighted by molar-refractivity contribution is 9.10. The molecule has 1 aromatic carbocycles. The van der Waals surface area contributed by atoms with E-state index in [1.54, 1.807) is 35.2 Å². The molecule has 3 aromatic rings. The maximum absolute atomic E-state index is 12.8. The van der Waals surface area contributed by atoms with E-state index in [1.165, 1.54) is 11.3 Å². The number of carbonyl (C=O) groups is 2. The van der Waals surface area contributed by atoms with Gasteiger partial charge in [-0.1, -0.05) is 11.3 Å². The Morgan fingerprint density at radius 2 is 2.03 bits per heavy atom. The van der Waals surface area contributed by atoms with Crippen LogP contribution in [-0.4, -0.2) is 40.2 Å². The molecule has 0 saturated carbocycles. The van der Waals surface area contributed by atoms with Gasteiger partial charge in [0, 0.05) is 18.3 Å². The number of hydrogen-bond donors (Lipinski definition) is 1. The summed E-state index contributed by atoms with van der Waals surface area (Å²) in [5, 5.41) is 11.9. The molecule has 1 atom stereocenters. The summed E-state index contributed by atoms with van der Waals surface area (Å²) in [6.45, 7) is 0.762. The van der Waals surface area contributed by atoms with Gasteiger partial charge < -0.3 is 24.1 Å². The molecule has 0 radical (unpaired) electrons. The number of ether oxygens (including phenoxy) is 2. The number of nitrogens with one attached hydrogen (secondary N) is 1. The summed E-state index contributed by atoms with van der Waals surface area (Å²) in [5.41, 5.74) is 0.571. The molecule has 0 aliphatic carbocycles. The molecule has 0 bridgehead atoms. The predicted octanol–water partition coefficient (Wildman–Crippen LogP) is 3.85. The van der Waals surface area contributed by atoms with Crippen LogP contribution in [0.15, 0.2) is 39.4 Å². The summed E-state index contributed by atoms with van der Waals surface area (Å²) in [6, 6.07) is 8.24. The molecular weight excluding hydrogens is 476 g/mol. The van der Waals surface area contributed by atoms with Gasteiger partial charge in [0.1, 0.15) is 5.01 Å². The fraction of sp³-hybridized carbons (Fsp3) is 0.263. The van der Waals surface area contributed by atoms with Crippen molar-refractivity contribution in [3.63, 3.8) is 0 Å². The lowest BCUT2D eigenvalue weighted by Gasteiger charge is -2.21. The Bertz CT molecular complexity index is 1130. The van der Waals surface area contributed by atoms with E-state index >= 15 is 0 Å². The third-order valence-corrected chi connectivity index (χ3v) is 6.30. The number of nitrogens with zero attached hydrogens (tertiary/aromatic N) is 3. The number of amides is 2. The number of hydrogen-bond acceptors (Lipinski definition) is 8. The smallest absolute Gasteiger partial charge is 0.290 e. The van der Waals surface area contributed by atoms with Crippen molar-refractivity contribution < 1.29 is 23.5 Å². The minimum absolute atomic E-state index is 0.165. The minimum atomic E-state index is -0.372. The molecule has 1 saturated heterocycles. The zero-order valence-corrected chi connectivity index (χ0v) is 17.9. The van der Waals surface area contributed by atoms with Crippen LogP contribution in [0, 0.1) is 0 Å². The van der Waals surface area contributed by atoms with Gasteiger partial charge >= 0.3 is 0 Å². The van der Waals surface area contributed by atoms with Gasteiger partial charge in [-0.2, -0.15) is 0 Å². The standard InChI is InChI=1S/C19H15BrN4O5S/c20-15-6-5-13(29-15)19(26)24-7-1-2-11(24)17-22-23-18(30-17)16(25)21-10-3-4-12-14(8-10)28-9-27-12/h3-6,8,11H,1-2,7,9H2,(H,21,25)/t11-/m0/s1. The maximum Gasteiger partial charge on any atom is 0.290 e. The number of anilines is 1. The van der Waals surface area contributed by atoms with Gasteiger partial charge in [-0.15, -0.1) is 10.2 Å². The molecule has 11 heteroatoms. The molecule has 4 heterocycles. The average molecular weight is 491 g/mol. The van der Waals surface area contributed by atoms with Crippen molar-refractivity contribution in [3.8, 4) is 11.5 Å². The van der Waals surface area contributed by atoms with Crippen LogP contribution in [0.2, 0.25) is 0 Å². The normalized spacial score (nSPS) is 17.4. The highest BCUT2D eigenvalue weighted by Gasteiger charge is 2.35. The Morgan fingerprint density at radius 1 is 1.17 bits per heavy atom. The van der Waals surface area contributed by atoms with Crippen LogP contribution in [0.3, 0.4) is 0 Å². The van der Waals surface area contributed by atoms with Crippen molar-refractivity contribution in [1.82, 2.24) is 15.1 Å². The molecule has 1 fully saturated rings. The lowest BCUT2D eigenvalue weighted by molar-refractivity contribution is 0.0701. The molecule has 0 unspecified atom stereocenters. The first-order valence-corrected chi connectivity index (χ1v) is 10.8. The van der Waals surface area contributed by atoms with Crippen molar-refractivity contribution in [1.29, 1.82) is 0 Å². The van der Waals surface area contributed by atoms with E-state index < -0.39 is 0 Å². The van der Waals surface area contributed by atoms with Crippen LogP contribution in [-0.2, 0) is 0 Å². The Kier molecular flexibility index (Phi) is 4.91. The van der Waals surface area contributed by atoms with E-state index in [9.17, 15) is 9.59 Å². The molecule has 2 aliphatic heterocycles. The monoisotopic (exact) mass is 490 g/mol. The third kappa shape index (κ3) is 3.54. The number of carbonyl (C=O) groups excluding carboxylic acids is 2. The Balaban J connectivity index is 1.30.